The smallest absolute Gasteiger partial charge is 0.325 e. The molecule has 0 aliphatic heterocycles. The predicted molar refractivity (Wildman–Crippen MR) is 79.8 cm³/mol. The zero-order valence-corrected chi connectivity index (χ0v) is 14.2. The molecule has 0 bridgehead atoms. The van der Waals surface area contributed by atoms with E-state index in [1.165, 1.54) is 4.99 Å². The van der Waals surface area contributed by atoms with Gasteiger partial charge < -0.3 is 10.2 Å². The second-order valence-corrected chi connectivity index (χ2v) is 6.00. The van der Waals surface area contributed by atoms with E-state index in [1.54, 1.807) is 6.92 Å². The molecule has 1 unspecified atom stereocenters. The molecule has 0 heterocycles. The Morgan fingerprint density at radius 2 is 1.57 bits per heavy atom. The molecule has 0 aromatic heterocycles. The first-order chi connectivity index (χ1) is 9.68. The van der Waals surface area contributed by atoms with Crippen LogP contribution in [-0.4, -0.2) is 61.9 Å². The molecule has 0 spiro atoms. The Morgan fingerprint density at radius 3 is 1.95 bits per heavy atom. The summed E-state index contributed by atoms with van der Waals surface area (Å²) in [7, 11) is 0. The fraction of sp³-hybridized carbons (Fsp3) is 0.455. The minimum atomic E-state index is -1.37. The molecule has 10 heteroatoms. The lowest BCUT2D eigenvalue weighted by Gasteiger charge is -2.32. The van der Waals surface area contributed by atoms with E-state index >= 15 is 0 Å². The van der Waals surface area contributed by atoms with E-state index in [9.17, 15) is 19.2 Å². The summed E-state index contributed by atoms with van der Waals surface area (Å²) in [5, 5.41) is 18.9. The Balaban J connectivity index is 5.43. The lowest BCUT2D eigenvalue weighted by molar-refractivity contribution is -0.170. The van der Waals surface area contributed by atoms with Gasteiger partial charge in [0.2, 0.25) is 5.91 Å². The largest absolute Gasteiger partial charge is 0.480 e. The second-order valence-electron chi connectivity index (χ2n) is 3.91. The Morgan fingerprint density at radius 1 is 1.10 bits per heavy atom. The van der Waals surface area contributed by atoms with Crippen molar-refractivity contribution in [2.45, 2.75) is 18.2 Å². The molecule has 2 N–H and O–H groups in total. The van der Waals surface area contributed by atoms with Crippen molar-refractivity contribution in [3.05, 3.63) is 11.1 Å². The first-order valence-corrected chi connectivity index (χ1v) is 7.48. The summed E-state index contributed by atoms with van der Waals surface area (Å²) < 4.78 is 0. The van der Waals surface area contributed by atoms with Crippen molar-refractivity contribution >= 4 is 55.6 Å². The molecule has 0 aliphatic carbocycles. The third-order valence-electron chi connectivity index (χ3n) is 2.07. The van der Waals surface area contributed by atoms with Gasteiger partial charge in [0, 0.05) is 17.3 Å². The van der Waals surface area contributed by atoms with Crippen LogP contribution in [0.3, 0.4) is 0 Å². The van der Waals surface area contributed by atoms with Gasteiger partial charge in [0.1, 0.15) is 13.1 Å². The number of carboxylic acids is 2. The quantitative estimate of drug-likeness (QED) is 0.351. The van der Waals surface area contributed by atoms with Crippen LogP contribution in [0, 0.1) is 0 Å². The highest BCUT2D eigenvalue weighted by Gasteiger charge is 2.29. The minimum absolute atomic E-state index is 0.0886. The van der Waals surface area contributed by atoms with E-state index in [4.69, 9.17) is 10.2 Å². The van der Waals surface area contributed by atoms with Crippen molar-refractivity contribution in [2.24, 2.45) is 0 Å². The maximum absolute atomic E-state index is 12.0. The van der Waals surface area contributed by atoms with Crippen LogP contribution in [0.15, 0.2) is 11.1 Å². The molecule has 0 aromatic rings. The number of hydrogen-bond acceptors (Lipinski definition) is 4. The Bertz CT molecular complexity index is 452. The van der Waals surface area contributed by atoms with Crippen LogP contribution in [-0.2, 0) is 19.2 Å². The summed E-state index contributed by atoms with van der Waals surface area (Å²) >= 11 is 6.00. The van der Waals surface area contributed by atoms with E-state index in [0.29, 0.717) is 10.0 Å². The van der Waals surface area contributed by atoms with Gasteiger partial charge in [0.05, 0.1) is 0 Å². The van der Waals surface area contributed by atoms with Crippen molar-refractivity contribution in [1.82, 2.24) is 10.0 Å². The summed E-state index contributed by atoms with van der Waals surface area (Å²) in [5.74, 6) is -4.25. The third kappa shape index (κ3) is 7.81. The summed E-state index contributed by atoms with van der Waals surface area (Å²) in [6.45, 7) is 0.0259. The fourth-order valence-corrected chi connectivity index (χ4v) is 1.84. The van der Waals surface area contributed by atoms with Gasteiger partial charge in [-0.1, -0.05) is 38.8 Å². The number of hydrogen-bond donors (Lipinski definition) is 2. The minimum Gasteiger partial charge on any atom is -0.480 e. The summed E-state index contributed by atoms with van der Waals surface area (Å²) in [5.41, 5.74) is 0. The molecule has 0 saturated carbocycles. The molecule has 8 nitrogen and oxygen atoms in total. The molecule has 2 amide bonds. The first kappa shape index (κ1) is 19.6. The van der Waals surface area contributed by atoms with Crippen molar-refractivity contribution in [2.75, 3.05) is 13.1 Å². The topological polar surface area (TPSA) is 115 Å². The normalized spacial score (nSPS) is 12.0. The van der Waals surface area contributed by atoms with E-state index in [2.05, 4.69) is 31.9 Å². The number of nitrogens with zero attached hydrogens (tertiary/aromatic N) is 2. The maximum Gasteiger partial charge on any atom is 0.325 e. The van der Waals surface area contributed by atoms with Crippen molar-refractivity contribution in [3.8, 4) is 0 Å². The average Bonchev–Trinajstić information content (AvgIpc) is 2.32. The Hall–Kier alpha value is -1.42. The third-order valence-corrected chi connectivity index (χ3v) is 2.65. The van der Waals surface area contributed by atoms with Crippen LogP contribution in [0.25, 0.3) is 0 Å². The SMILES string of the molecule is CC(Br)CC(=O)N(CC(=O)O)N(CC(=O)O)C(=O)/C=C/Br. The number of carbonyl (C=O) groups excluding carboxylic acids is 2. The van der Waals surface area contributed by atoms with Gasteiger partial charge >= 0.3 is 11.9 Å². The van der Waals surface area contributed by atoms with Gasteiger partial charge in [-0.2, -0.15) is 0 Å². The fourth-order valence-electron chi connectivity index (χ4n) is 1.33. The maximum atomic E-state index is 12.0. The standard InChI is InChI=1S/C11H14Br2N2O6/c1-7(13)4-9(17)15(6-11(20)21)14(5-10(18)19)8(16)2-3-12/h2-3,7H,4-6H2,1H3,(H,18,19)(H,20,21)/b3-2+. The summed E-state index contributed by atoms with van der Waals surface area (Å²) in [6, 6.07) is 0. The van der Waals surface area contributed by atoms with Gasteiger partial charge in [-0.15, -0.1) is 0 Å². The van der Waals surface area contributed by atoms with Gasteiger partial charge in [-0.3, -0.25) is 19.2 Å². The number of carboxylic acid groups (broad SMARTS) is 2. The van der Waals surface area contributed by atoms with Crippen LogP contribution >= 0.6 is 31.9 Å². The van der Waals surface area contributed by atoms with Crippen LogP contribution in [0.5, 0.6) is 0 Å². The molecule has 0 rings (SSSR count). The number of amides is 2. The molecule has 118 valence electrons. The lowest BCUT2D eigenvalue weighted by Crippen LogP contribution is -2.53. The monoisotopic (exact) mass is 428 g/mol. The van der Waals surface area contributed by atoms with Gasteiger partial charge in [-0.25, -0.2) is 10.0 Å². The highest BCUT2D eigenvalue weighted by Crippen LogP contribution is 2.10. The van der Waals surface area contributed by atoms with Crippen molar-refractivity contribution < 1.29 is 29.4 Å². The summed E-state index contributed by atoms with van der Waals surface area (Å²) in [4.78, 5) is 46.5. The van der Waals surface area contributed by atoms with Crippen LogP contribution in [0.4, 0.5) is 0 Å². The molecular weight excluding hydrogens is 416 g/mol. The number of halogens is 2. The summed E-state index contributed by atoms with van der Waals surface area (Å²) in [6.07, 6.45) is 0.886. The zero-order valence-electron chi connectivity index (χ0n) is 11.0. The van der Waals surface area contributed by atoms with Gasteiger partial charge in [0.15, 0.2) is 0 Å². The number of aliphatic carboxylic acids is 2. The second kappa shape index (κ2) is 9.50. The molecule has 0 aromatic carbocycles. The van der Waals surface area contributed by atoms with Crippen molar-refractivity contribution in [1.29, 1.82) is 0 Å². The number of hydrazine groups is 1. The Labute approximate surface area is 137 Å². The molecule has 21 heavy (non-hydrogen) atoms. The number of rotatable bonds is 7. The average molecular weight is 430 g/mol. The molecule has 0 radical (unpaired) electrons. The molecule has 0 saturated heterocycles. The van der Waals surface area contributed by atoms with Gasteiger partial charge in [0.25, 0.3) is 5.91 Å². The van der Waals surface area contributed by atoms with E-state index in [0.717, 1.165) is 6.08 Å². The molecule has 0 aliphatic rings. The van der Waals surface area contributed by atoms with Crippen LogP contribution in [0.2, 0.25) is 0 Å². The lowest BCUT2D eigenvalue weighted by atomic mass is 10.3. The number of alkyl halides is 1. The van der Waals surface area contributed by atoms with Gasteiger partial charge in [-0.05, 0) is 4.99 Å². The highest BCUT2D eigenvalue weighted by atomic mass is 79.9. The van der Waals surface area contributed by atoms with Crippen molar-refractivity contribution in [3.63, 3.8) is 0 Å². The molecular formula is C11H14Br2N2O6. The zero-order chi connectivity index (χ0) is 16.6. The Kier molecular flexibility index (Phi) is 8.86. The van der Waals surface area contributed by atoms with E-state index in [1.807, 2.05) is 0 Å². The van der Waals surface area contributed by atoms with Crippen LogP contribution in [0.1, 0.15) is 13.3 Å². The van der Waals surface area contributed by atoms with E-state index < -0.39 is 36.8 Å². The van der Waals surface area contributed by atoms with E-state index in [-0.39, 0.29) is 11.2 Å². The predicted octanol–water partition coefficient (Wildman–Crippen LogP) is 0.810. The molecule has 1 atom stereocenters. The number of carbonyl (C=O) groups is 4. The first-order valence-electron chi connectivity index (χ1n) is 5.65. The molecule has 0 fully saturated rings. The highest BCUT2D eigenvalue weighted by molar-refractivity contribution is 9.11. The van der Waals surface area contributed by atoms with Crippen LogP contribution < -0.4 is 0 Å².